The van der Waals surface area contributed by atoms with Gasteiger partial charge in [0.15, 0.2) is 6.10 Å². The zero-order chi connectivity index (χ0) is 24.0. The minimum Gasteiger partial charge on any atom is -0.490 e. The number of nitrogens with zero attached hydrogens (tertiary/aromatic N) is 2. The second-order valence-electron chi connectivity index (χ2n) is 7.70. The van der Waals surface area contributed by atoms with Crippen LogP contribution in [0.25, 0.3) is 0 Å². The summed E-state index contributed by atoms with van der Waals surface area (Å²) in [6, 6.07) is 15.0. The van der Waals surface area contributed by atoms with Crippen LogP contribution >= 0.6 is 0 Å². The minimum absolute atomic E-state index is 0.126. The van der Waals surface area contributed by atoms with Crippen molar-refractivity contribution in [2.45, 2.75) is 38.7 Å². The molecule has 0 aliphatic carbocycles. The van der Waals surface area contributed by atoms with Crippen molar-refractivity contribution in [1.29, 1.82) is 0 Å². The molecule has 0 radical (unpaired) electrons. The number of ether oxygens (including phenoxy) is 1. The molecular weight excluding hydrogens is 433 g/mol. The number of rotatable bonds is 8. The number of aliphatic hydroxyl groups is 1. The maximum absolute atomic E-state index is 13.2. The van der Waals surface area contributed by atoms with E-state index in [9.17, 15) is 23.1 Å². The Kier molecular flexibility index (Phi) is 7.71. The maximum Gasteiger partial charge on any atom is 0.416 e. The molecule has 1 aromatic heterocycles. The molecule has 0 aliphatic rings. The largest absolute Gasteiger partial charge is 0.490 e. The molecule has 3 aromatic rings. The molecular formula is C25H25F3N2O3. The van der Waals surface area contributed by atoms with E-state index < -0.39 is 30.4 Å². The van der Waals surface area contributed by atoms with E-state index in [-0.39, 0.29) is 18.3 Å². The van der Waals surface area contributed by atoms with Crippen molar-refractivity contribution in [2.75, 3.05) is 6.61 Å². The first kappa shape index (κ1) is 24.3. The fourth-order valence-electron chi connectivity index (χ4n) is 3.36. The van der Waals surface area contributed by atoms with Gasteiger partial charge in [0.2, 0.25) is 0 Å². The molecule has 1 N–H and O–H groups in total. The van der Waals surface area contributed by atoms with Gasteiger partial charge in [-0.2, -0.15) is 13.2 Å². The number of hydrogen-bond acceptors (Lipinski definition) is 4. The Balaban J connectivity index is 1.75. The highest BCUT2D eigenvalue weighted by atomic mass is 19.4. The highest BCUT2D eigenvalue weighted by molar-refractivity contribution is 5.81. The number of aromatic nitrogens is 1. The van der Waals surface area contributed by atoms with Crippen molar-refractivity contribution in [3.8, 4) is 5.75 Å². The van der Waals surface area contributed by atoms with Crippen LogP contribution in [-0.2, 0) is 17.5 Å². The average Bonchev–Trinajstić information content (AvgIpc) is 2.81. The summed E-state index contributed by atoms with van der Waals surface area (Å²) in [5.74, 6) is -0.429. The first-order chi connectivity index (χ1) is 15.7. The molecule has 2 unspecified atom stereocenters. The molecule has 1 amide bonds. The molecule has 1 heterocycles. The van der Waals surface area contributed by atoms with Crippen LogP contribution < -0.4 is 4.74 Å². The van der Waals surface area contributed by atoms with E-state index in [1.807, 2.05) is 44.2 Å². The quantitative estimate of drug-likeness (QED) is 0.520. The number of halogens is 3. The van der Waals surface area contributed by atoms with Gasteiger partial charge in [0.05, 0.1) is 11.6 Å². The van der Waals surface area contributed by atoms with Crippen molar-refractivity contribution in [1.82, 2.24) is 9.88 Å². The molecule has 2 atom stereocenters. The molecule has 8 heteroatoms. The van der Waals surface area contributed by atoms with Crippen LogP contribution in [0.5, 0.6) is 5.75 Å². The predicted octanol–water partition coefficient (Wildman–Crippen LogP) is 4.94. The minimum atomic E-state index is -4.45. The molecule has 33 heavy (non-hydrogen) atoms. The summed E-state index contributed by atoms with van der Waals surface area (Å²) in [4.78, 5) is 18.9. The Morgan fingerprint density at radius 1 is 1.09 bits per heavy atom. The Morgan fingerprint density at radius 3 is 2.39 bits per heavy atom. The smallest absolute Gasteiger partial charge is 0.416 e. The van der Waals surface area contributed by atoms with Gasteiger partial charge in [-0.05, 0) is 60.9 Å². The van der Waals surface area contributed by atoms with Gasteiger partial charge in [0, 0.05) is 18.9 Å². The number of aryl methyl sites for hydroxylation is 1. The van der Waals surface area contributed by atoms with E-state index in [1.54, 1.807) is 23.4 Å². The summed E-state index contributed by atoms with van der Waals surface area (Å²) in [5.41, 5.74) is 1.93. The van der Waals surface area contributed by atoms with Crippen molar-refractivity contribution >= 4 is 5.91 Å². The summed E-state index contributed by atoms with van der Waals surface area (Å²) in [6.45, 7) is 3.65. The van der Waals surface area contributed by atoms with Crippen molar-refractivity contribution < 1.29 is 27.8 Å². The van der Waals surface area contributed by atoms with Crippen LogP contribution in [-0.4, -0.2) is 33.6 Å². The topological polar surface area (TPSA) is 62.7 Å². The zero-order valence-electron chi connectivity index (χ0n) is 18.3. The van der Waals surface area contributed by atoms with Crippen LogP contribution in [0, 0.1) is 6.92 Å². The third kappa shape index (κ3) is 6.32. The van der Waals surface area contributed by atoms with Gasteiger partial charge in [-0.1, -0.05) is 30.3 Å². The normalized spacial score (nSPS) is 13.3. The average molecular weight is 458 g/mol. The fourth-order valence-corrected chi connectivity index (χ4v) is 3.36. The standard InChI is InChI=1S/C25H25F3N2O3/c1-17-6-3-4-7-20(17)15-30(18(2)19-8-5-13-29-14-19)24(32)23(31)16-33-22-11-9-21(10-12-22)25(26,27)28/h3-14,18,23,31H,15-16H2,1-2H3. The summed E-state index contributed by atoms with van der Waals surface area (Å²) >= 11 is 0. The summed E-state index contributed by atoms with van der Waals surface area (Å²) in [7, 11) is 0. The summed E-state index contributed by atoms with van der Waals surface area (Å²) in [5, 5.41) is 10.6. The first-order valence-electron chi connectivity index (χ1n) is 10.4. The van der Waals surface area contributed by atoms with Gasteiger partial charge in [0.25, 0.3) is 5.91 Å². The van der Waals surface area contributed by atoms with Crippen LogP contribution in [0.15, 0.2) is 73.1 Å². The van der Waals surface area contributed by atoms with Gasteiger partial charge in [0.1, 0.15) is 12.4 Å². The second kappa shape index (κ2) is 10.5. The number of hydrogen-bond donors (Lipinski definition) is 1. The van der Waals surface area contributed by atoms with E-state index in [1.165, 1.54) is 0 Å². The van der Waals surface area contributed by atoms with E-state index >= 15 is 0 Å². The lowest BCUT2D eigenvalue weighted by atomic mass is 10.0. The molecule has 3 rings (SSSR count). The van der Waals surface area contributed by atoms with Crippen molar-refractivity contribution in [2.24, 2.45) is 0 Å². The molecule has 0 bridgehead atoms. The van der Waals surface area contributed by atoms with E-state index in [2.05, 4.69) is 4.98 Å². The number of amides is 1. The highest BCUT2D eigenvalue weighted by Gasteiger charge is 2.31. The molecule has 0 saturated carbocycles. The van der Waals surface area contributed by atoms with Gasteiger partial charge < -0.3 is 14.7 Å². The third-order valence-corrected chi connectivity index (χ3v) is 5.39. The SMILES string of the molecule is Cc1ccccc1CN(C(=O)C(O)COc1ccc(C(F)(F)F)cc1)C(C)c1cccnc1. The van der Waals surface area contributed by atoms with Crippen LogP contribution in [0.4, 0.5) is 13.2 Å². The Bertz CT molecular complexity index is 1060. The fraction of sp³-hybridized carbons (Fsp3) is 0.280. The van der Waals surface area contributed by atoms with Gasteiger partial charge >= 0.3 is 6.18 Å². The predicted molar refractivity (Wildman–Crippen MR) is 117 cm³/mol. The number of pyridine rings is 1. The number of carbonyl (C=O) groups is 1. The lowest BCUT2D eigenvalue weighted by Gasteiger charge is -2.32. The van der Waals surface area contributed by atoms with Crippen LogP contribution in [0.2, 0.25) is 0 Å². The Morgan fingerprint density at radius 2 is 1.79 bits per heavy atom. The molecule has 174 valence electrons. The number of benzene rings is 2. The lowest BCUT2D eigenvalue weighted by Crippen LogP contribution is -2.43. The Hall–Kier alpha value is -3.39. The number of alkyl halides is 3. The monoisotopic (exact) mass is 458 g/mol. The first-order valence-corrected chi connectivity index (χ1v) is 10.4. The molecule has 0 saturated heterocycles. The number of aliphatic hydroxyl groups excluding tert-OH is 1. The molecule has 5 nitrogen and oxygen atoms in total. The van der Waals surface area contributed by atoms with Gasteiger partial charge in [-0.3, -0.25) is 9.78 Å². The van der Waals surface area contributed by atoms with Crippen LogP contribution in [0.3, 0.4) is 0 Å². The van der Waals surface area contributed by atoms with Crippen molar-refractivity contribution in [3.05, 3.63) is 95.3 Å². The zero-order valence-corrected chi connectivity index (χ0v) is 18.3. The van der Waals surface area contributed by atoms with Gasteiger partial charge in [-0.25, -0.2) is 0 Å². The molecule has 0 aliphatic heterocycles. The van der Waals surface area contributed by atoms with Gasteiger partial charge in [-0.15, -0.1) is 0 Å². The summed E-state index contributed by atoms with van der Waals surface area (Å²) in [6.07, 6.45) is -2.66. The van der Waals surface area contributed by atoms with E-state index in [0.717, 1.165) is 41.0 Å². The summed E-state index contributed by atoms with van der Waals surface area (Å²) < 4.78 is 43.5. The molecule has 0 fully saturated rings. The molecule has 0 spiro atoms. The Labute approximate surface area is 190 Å². The van der Waals surface area contributed by atoms with E-state index in [0.29, 0.717) is 0 Å². The van der Waals surface area contributed by atoms with Crippen molar-refractivity contribution in [3.63, 3.8) is 0 Å². The maximum atomic E-state index is 13.2. The molecule has 2 aromatic carbocycles. The highest BCUT2D eigenvalue weighted by Crippen LogP contribution is 2.30. The van der Waals surface area contributed by atoms with E-state index in [4.69, 9.17) is 4.74 Å². The number of carbonyl (C=O) groups excluding carboxylic acids is 1. The van der Waals surface area contributed by atoms with Crippen LogP contribution in [0.1, 0.15) is 35.2 Å². The lowest BCUT2D eigenvalue weighted by molar-refractivity contribution is -0.144. The third-order valence-electron chi connectivity index (χ3n) is 5.39. The second-order valence-corrected chi connectivity index (χ2v) is 7.70.